The van der Waals surface area contributed by atoms with Crippen molar-refractivity contribution in [2.24, 2.45) is 0 Å². The van der Waals surface area contributed by atoms with Gasteiger partial charge in [-0.15, -0.1) is 0 Å². The highest BCUT2D eigenvalue weighted by Gasteiger charge is 2.21. The fourth-order valence-electron chi connectivity index (χ4n) is 2.01. The SMILES string of the molecule is O=C(NCC(c1ccco1)c1ccco1)c1ccco1. The Kier molecular flexibility index (Phi) is 3.41. The number of rotatable bonds is 5. The van der Waals surface area contributed by atoms with Crippen molar-refractivity contribution in [1.82, 2.24) is 5.32 Å². The average Bonchev–Trinajstić information content (AvgIpc) is 3.22. The minimum Gasteiger partial charge on any atom is -0.469 e. The molecule has 5 nitrogen and oxygen atoms in total. The summed E-state index contributed by atoms with van der Waals surface area (Å²) in [6, 6.07) is 10.6. The molecular weight excluding hydrogens is 258 g/mol. The van der Waals surface area contributed by atoms with E-state index in [4.69, 9.17) is 13.3 Å². The third-order valence-electron chi connectivity index (χ3n) is 2.98. The van der Waals surface area contributed by atoms with Crippen LogP contribution in [0.15, 0.2) is 68.4 Å². The zero-order valence-corrected chi connectivity index (χ0v) is 10.6. The molecular formula is C15H13NO4. The molecule has 0 aromatic carbocycles. The van der Waals surface area contributed by atoms with E-state index >= 15 is 0 Å². The molecule has 0 bridgehead atoms. The lowest BCUT2D eigenvalue weighted by Crippen LogP contribution is -2.28. The molecule has 3 aromatic rings. The van der Waals surface area contributed by atoms with Gasteiger partial charge in [-0.3, -0.25) is 4.79 Å². The summed E-state index contributed by atoms with van der Waals surface area (Å²) in [5.41, 5.74) is 0. The molecule has 0 aliphatic carbocycles. The lowest BCUT2D eigenvalue weighted by molar-refractivity contribution is 0.0923. The van der Waals surface area contributed by atoms with E-state index < -0.39 is 0 Å². The Balaban J connectivity index is 1.73. The van der Waals surface area contributed by atoms with Gasteiger partial charge in [-0.1, -0.05) is 0 Å². The van der Waals surface area contributed by atoms with Gasteiger partial charge in [0.05, 0.1) is 24.7 Å². The Labute approximate surface area is 115 Å². The van der Waals surface area contributed by atoms with Crippen molar-refractivity contribution in [3.8, 4) is 0 Å². The Morgan fingerprint density at radius 1 is 0.950 bits per heavy atom. The van der Waals surface area contributed by atoms with Crippen molar-refractivity contribution in [3.05, 3.63) is 72.5 Å². The first-order valence-electron chi connectivity index (χ1n) is 6.23. The molecule has 5 heteroatoms. The number of furan rings is 3. The van der Waals surface area contributed by atoms with Crippen LogP contribution in [0.3, 0.4) is 0 Å². The van der Waals surface area contributed by atoms with Crippen LogP contribution >= 0.6 is 0 Å². The topological polar surface area (TPSA) is 68.5 Å². The first kappa shape index (κ1) is 12.3. The summed E-state index contributed by atoms with van der Waals surface area (Å²) in [7, 11) is 0. The van der Waals surface area contributed by atoms with Crippen LogP contribution in [0, 0.1) is 0 Å². The van der Waals surface area contributed by atoms with Gasteiger partial charge < -0.3 is 18.6 Å². The van der Waals surface area contributed by atoms with Gasteiger partial charge in [0.1, 0.15) is 11.5 Å². The Hall–Kier alpha value is -2.69. The molecule has 3 rings (SSSR count). The fourth-order valence-corrected chi connectivity index (χ4v) is 2.01. The quantitative estimate of drug-likeness (QED) is 0.774. The number of amides is 1. The summed E-state index contributed by atoms with van der Waals surface area (Å²) >= 11 is 0. The van der Waals surface area contributed by atoms with E-state index in [-0.39, 0.29) is 17.6 Å². The zero-order valence-electron chi connectivity index (χ0n) is 10.6. The van der Waals surface area contributed by atoms with E-state index in [1.807, 2.05) is 12.1 Å². The predicted molar refractivity (Wildman–Crippen MR) is 70.3 cm³/mol. The summed E-state index contributed by atoms with van der Waals surface area (Å²) in [5.74, 6) is 1.32. The van der Waals surface area contributed by atoms with Crippen LogP contribution < -0.4 is 5.32 Å². The monoisotopic (exact) mass is 271 g/mol. The van der Waals surface area contributed by atoms with Crippen molar-refractivity contribution >= 4 is 5.91 Å². The van der Waals surface area contributed by atoms with Gasteiger partial charge in [0.2, 0.25) is 0 Å². The molecule has 0 saturated heterocycles. The highest BCUT2D eigenvalue weighted by Crippen LogP contribution is 2.24. The molecule has 0 unspecified atom stereocenters. The molecule has 0 saturated carbocycles. The van der Waals surface area contributed by atoms with Crippen molar-refractivity contribution in [1.29, 1.82) is 0 Å². The summed E-state index contributed by atoms with van der Waals surface area (Å²) < 4.78 is 15.9. The van der Waals surface area contributed by atoms with Crippen LogP contribution in [-0.4, -0.2) is 12.5 Å². The number of carbonyl (C=O) groups is 1. The zero-order chi connectivity index (χ0) is 13.8. The minimum atomic E-state index is -0.266. The Morgan fingerprint density at radius 3 is 2.05 bits per heavy atom. The third kappa shape index (κ3) is 2.51. The molecule has 0 radical (unpaired) electrons. The molecule has 20 heavy (non-hydrogen) atoms. The first-order valence-corrected chi connectivity index (χ1v) is 6.23. The maximum Gasteiger partial charge on any atom is 0.287 e. The maximum atomic E-state index is 11.9. The molecule has 0 atom stereocenters. The average molecular weight is 271 g/mol. The highest BCUT2D eigenvalue weighted by molar-refractivity contribution is 5.91. The first-order chi connectivity index (χ1) is 9.84. The van der Waals surface area contributed by atoms with Gasteiger partial charge in [-0.25, -0.2) is 0 Å². The van der Waals surface area contributed by atoms with Crippen molar-refractivity contribution in [3.63, 3.8) is 0 Å². The van der Waals surface area contributed by atoms with Crippen LogP contribution in [0.1, 0.15) is 28.0 Å². The van der Waals surface area contributed by atoms with Crippen LogP contribution in [0.4, 0.5) is 0 Å². The summed E-state index contributed by atoms with van der Waals surface area (Å²) in [6.45, 7) is 0.362. The van der Waals surface area contributed by atoms with Crippen LogP contribution in [-0.2, 0) is 0 Å². The van der Waals surface area contributed by atoms with Crippen molar-refractivity contribution < 1.29 is 18.0 Å². The standard InChI is InChI=1S/C15H13NO4/c17-15(14-6-3-9-20-14)16-10-11(12-4-1-7-18-12)13-5-2-8-19-13/h1-9,11H,10H2,(H,16,17). The van der Waals surface area contributed by atoms with Crippen LogP contribution in [0.5, 0.6) is 0 Å². The van der Waals surface area contributed by atoms with Crippen LogP contribution in [0.25, 0.3) is 0 Å². The second kappa shape index (κ2) is 5.52. The largest absolute Gasteiger partial charge is 0.469 e. The normalized spacial score (nSPS) is 10.8. The van der Waals surface area contributed by atoms with Gasteiger partial charge in [0.25, 0.3) is 5.91 Å². The van der Waals surface area contributed by atoms with E-state index in [1.165, 1.54) is 6.26 Å². The number of nitrogens with one attached hydrogen (secondary N) is 1. The lowest BCUT2D eigenvalue weighted by atomic mass is 10.0. The Bertz CT molecular complexity index is 604. The van der Waals surface area contributed by atoms with Crippen LogP contribution in [0.2, 0.25) is 0 Å². The van der Waals surface area contributed by atoms with Crippen molar-refractivity contribution in [2.45, 2.75) is 5.92 Å². The Morgan fingerprint density at radius 2 is 1.55 bits per heavy atom. The number of carbonyl (C=O) groups excluding carboxylic acids is 1. The molecule has 0 aliphatic heterocycles. The summed E-state index contributed by atoms with van der Waals surface area (Å²) in [4.78, 5) is 11.9. The second-order valence-corrected chi connectivity index (χ2v) is 4.27. The van der Waals surface area contributed by atoms with Gasteiger partial charge in [-0.2, -0.15) is 0 Å². The second-order valence-electron chi connectivity index (χ2n) is 4.27. The fraction of sp³-hybridized carbons (Fsp3) is 0.133. The molecule has 0 fully saturated rings. The van der Waals surface area contributed by atoms with E-state index in [2.05, 4.69) is 5.32 Å². The number of hydrogen-bond donors (Lipinski definition) is 1. The molecule has 3 heterocycles. The van der Waals surface area contributed by atoms with E-state index in [9.17, 15) is 4.79 Å². The van der Waals surface area contributed by atoms with Gasteiger partial charge in [-0.05, 0) is 36.4 Å². The molecule has 3 aromatic heterocycles. The molecule has 102 valence electrons. The van der Waals surface area contributed by atoms with E-state index in [0.29, 0.717) is 6.54 Å². The highest BCUT2D eigenvalue weighted by atomic mass is 16.3. The third-order valence-corrected chi connectivity index (χ3v) is 2.98. The van der Waals surface area contributed by atoms with E-state index in [0.717, 1.165) is 11.5 Å². The van der Waals surface area contributed by atoms with Gasteiger partial charge in [0.15, 0.2) is 5.76 Å². The molecule has 0 aliphatic rings. The lowest BCUT2D eigenvalue weighted by Gasteiger charge is -2.12. The summed E-state index contributed by atoms with van der Waals surface area (Å²) in [6.07, 6.45) is 4.66. The van der Waals surface area contributed by atoms with E-state index in [1.54, 1.807) is 36.8 Å². The molecule has 1 N–H and O–H groups in total. The number of hydrogen-bond acceptors (Lipinski definition) is 4. The molecule has 0 spiro atoms. The van der Waals surface area contributed by atoms with Crippen molar-refractivity contribution in [2.75, 3.05) is 6.54 Å². The molecule has 1 amide bonds. The maximum absolute atomic E-state index is 11.9. The smallest absolute Gasteiger partial charge is 0.287 e. The van der Waals surface area contributed by atoms with Gasteiger partial charge in [0, 0.05) is 6.54 Å². The minimum absolute atomic E-state index is 0.168. The summed E-state index contributed by atoms with van der Waals surface area (Å²) in [5, 5.41) is 2.81. The van der Waals surface area contributed by atoms with Gasteiger partial charge >= 0.3 is 0 Å². The predicted octanol–water partition coefficient (Wildman–Crippen LogP) is 3.03.